The van der Waals surface area contributed by atoms with Crippen LogP contribution in [0.1, 0.15) is 11.3 Å². The Kier molecular flexibility index (Phi) is 4.91. The van der Waals surface area contributed by atoms with Crippen molar-refractivity contribution >= 4 is 35.0 Å². The van der Waals surface area contributed by atoms with E-state index in [-0.39, 0.29) is 5.91 Å². The van der Waals surface area contributed by atoms with Gasteiger partial charge >= 0.3 is 0 Å². The summed E-state index contributed by atoms with van der Waals surface area (Å²) in [5, 5.41) is 3.44. The number of benzene rings is 2. The first kappa shape index (κ1) is 16.9. The number of nitrogen functional groups attached to an aromatic ring is 1. The number of amides is 1. The van der Waals surface area contributed by atoms with E-state index in [4.69, 9.17) is 21.8 Å². The number of hydrogen-bond donors (Lipinski definition) is 2. The summed E-state index contributed by atoms with van der Waals surface area (Å²) in [5.41, 5.74) is 8.84. The van der Waals surface area contributed by atoms with E-state index in [1.54, 1.807) is 36.4 Å². The molecule has 2 aromatic carbocycles. The smallest absolute Gasteiger partial charge is 0.248 e. The predicted molar refractivity (Wildman–Crippen MR) is 102 cm³/mol. The molecule has 0 radical (unpaired) electrons. The minimum absolute atomic E-state index is 0.249. The molecule has 25 heavy (non-hydrogen) atoms. The fourth-order valence-corrected chi connectivity index (χ4v) is 2.43. The predicted octanol–water partition coefficient (Wildman–Crippen LogP) is 5.14. The summed E-state index contributed by atoms with van der Waals surface area (Å²) in [6, 6.07) is 16.3. The molecule has 1 amide bonds. The maximum absolute atomic E-state index is 11.9. The van der Waals surface area contributed by atoms with E-state index in [0.29, 0.717) is 27.9 Å². The van der Waals surface area contributed by atoms with Gasteiger partial charge in [0.2, 0.25) is 5.91 Å². The fraction of sp³-hybridized carbons (Fsp3) is 0.0500. The summed E-state index contributed by atoms with van der Waals surface area (Å²) in [7, 11) is 0. The molecule has 1 aromatic heterocycles. The molecule has 0 atom stereocenters. The molecular formula is C20H17ClN2O2. The first-order chi connectivity index (χ1) is 12.0. The van der Waals surface area contributed by atoms with E-state index in [1.807, 2.05) is 31.2 Å². The normalized spacial score (nSPS) is 11.0. The summed E-state index contributed by atoms with van der Waals surface area (Å²) >= 11 is 6.14. The second kappa shape index (κ2) is 7.28. The van der Waals surface area contributed by atoms with Crippen LogP contribution in [-0.2, 0) is 4.79 Å². The molecule has 0 saturated heterocycles. The van der Waals surface area contributed by atoms with Crippen LogP contribution in [0.2, 0.25) is 5.02 Å². The number of aryl methyl sites for hydroxylation is 1. The van der Waals surface area contributed by atoms with Crippen LogP contribution in [-0.4, -0.2) is 5.91 Å². The number of carbonyl (C=O) groups is 1. The molecule has 5 heteroatoms. The molecule has 0 aliphatic heterocycles. The molecule has 0 saturated carbocycles. The number of halogens is 1. The zero-order valence-corrected chi connectivity index (χ0v) is 14.4. The second-order valence-electron chi connectivity index (χ2n) is 5.61. The number of anilines is 2. The Balaban J connectivity index is 1.67. The Bertz CT molecular complexity index is 927. The van der Waals surface area contributed by atoms with Crippen molar-refractivity contribution in [1.29, 1.82) is 0 Å². The number of hydrogen-bond acceptors (Lipinski definition) is 3. The zero-order chi connectivity index (χ0) is 17.8. The monoisotopic (exact) mass is 352 g/mol. The molecule has 0 aliphatic rings. The van der Waals surface area contributed by atoms with E-state index in [0.717, 1.165) is 11.1 Å². The van der Waals surface area contributed by atoms with Gasteiger partial charge in [-0.3, -0.25) is 4.79 Å². The van der Waals surface area contributed by atoms with Gasteiger partial charge in [-0.15, -0.1) is 0 Å². The summed E-state index contributed by atoms with van der Waals surface area (Å²) in [4.78, 5) is 11.9. The highest BCUT2D eigenvalue weighted by molar-refractivity contribution is 6.31. The van der Waals surface area contributed by atoms with E-state index >= 15 is 0 Å². The summed E-state index contributed by atoms with van der Waals surface area (Å²) in [6.45, 7) is 1.95. The van der Waals surface area contributed by atoms with E-state index < -0.39 is 0 Å². The van der Waals surface area contributed by atoms with Crippen LogP contribution >= 0.6 is 11.6 Å². The van der Waals surface area contributed by atoms with E-state index in [2.05, 4.69) is 5.32 Å². The van der Waals surface area contributed by atoms with Crippen LogP contribution in [0.3, 0.4) is 0 Å². The largest absolute Gasteiger partial charge is 0.457 e. The molecule has 0 bridgehead atoms. The molecule has 0 unspecified atom stereocenters. The first-order valence-electron chi connectivity index (χ1n) is 7.72. The molecule has 0 spiro atoms. The van der Waals surface area contributed by atoms with Crippen molar-refractivity contribution < 1.29 is 9.21 Å². The van der Waals surface area contributed by atoms with Gasteiger partial charge in [0.1, 0.15) is 11.5 Å². The molecule has 3 rings (SSSR count). The molecule has 3 aromatic rings. The van der Waals surface area contributed by atoms with Gasteiger partial charge in [-0.2, -0.15) is 0 Å². The van der Waals surface area contributed by atoms with Crippen molar-refractivity contribution in [2.45, 2.75) is 6.92 Å². The number of carbonyl (C=O) groups excluding carboxylic acids is 1. The van der Waals surface area contributed by atoms with E-state index in [9.17, 15) is 4.79 Å². The third-order valence-electron chi connectivity index (χ3n) is 3.66. The summed E-state index contributed by atoms with van der Waals surface area (Å²) < 4.78 is 5.74. The summed E-state index contributed by atoms with van der Waals surface area (Å²) in [6.07, 6.45) is 3.03. The third kappa shape index (κ3) is 4.31. The molecular weight excluding hydrogens is 336 g/mol. The Morgan fingerprint density at radius 3 is 2.60 bits per heavy atom. The lowest BCUT2D eigenvalue weighted by atomic mass is 10.1. The minimum atomic E-state index is -0.249. The second-order valence-corrected chi connectivity index (χ2v) is 6.02. The fourth-order valence-electron chi connectivity index (χ4n) is 2.25. The lowest BCUT2D eigenvalue weighted by Gasteiger charge is -2.02. The maximum atomic E-state index is 11.9. The maximum Gasteiger partial charge on any atom is 0.248 e. The summed E-state index contributed by atoms with van der Waals surface area (Å²) in [5.74, 6) is 1.03. The van der Waals surface area contributed by atoms with Crippen LogP contribution in [0.15, 0.2) is 65.1 Å². The van der Waals surface area contributed by atoms with Crippen molar-refractivity contribution in [3.63, 3.8) is 0 Å². The Labute approximate surface area is 150 Å². The molecule has 1 heterocycles. The molecule has 0 aliphatic carbocycles. The number of furan rings is 1. The van der Waals surface area contributed by atoms with Gasteiger partial charge in [0, 0.05) is 28.0 Å². The van der Waals surface area contributed by atoms with Gasteiger partial charge in [0.05, 0.1) is 0 Å². The van der Waals surface area contributed by atoms with Crippen molar-refractivity contribution in [2.75, 3.05) is 11.1 Å². The zero-order valence-electron chi connectivity index (χ0n) is 13.6. The van der Waals surface area contributed by atoms with E-state index in [1.165, 1.54) is 6.08 Å². The first-order valence-corrected chi connectivity index (χ1v) is 8.10. The van der Waals surface area contributed by atoms with Gasteiger partial charge in [0.25, 0.3) is 0 Å². The lowest BCUT2D eigenvalue weighted by molar-refractivity contribution is -0.111. The highest BCUT2D eigenvalue weighted by Crippen LogP contribution is 2.27. The average molecular weight is 353 g/mol. The molecule has 3 N–H and O–H groups in total. The van der Waals surface area contributed by atoms with Crippen LogP contribution in [0.4, 0.5) is 11.4 Å². The number of rotatable bonds is 4. The molecule has 0 fully saturated rings. The van der Waals surface area contributed by atoms with Crippen molar-refractivity contribution in [2.24, 2.45) is 0 Å². The van der Waals surface area contributed by atoms with Crippen LogP contribution in [0.5, 0.6) is 0 Å². The third-order valence-corrected chi connectivity index (χ3v) is 4.07. The van der Waals surface area contributed by atoms with Gasteiger partial charge in [-0.05, 0) is 61.0 Å². The number of nitrogens with one attached hydrogen (secondary N) is 1. The van der Waals surface area contributed by atoms with Crippen molar-refractivity contribution in [3.05, 3.63) is 77.0 Å². The quantitative estimate of drug-likeness (QED) is 0.504. The van der Waals surface area contributed by atoms with Crippen molar-refractivity contribution in [3.8, 4) is 11.3 Å². The van der Waals surface area contributed by atoms with Gasteiger partial charge in [0.15, 0.2) is 0 Å². The Morgan fingerprint density at radius 2 is 1.88 bits per heavy atom. The van der Waals surface area contributed by atoms with Crippen LogP contribution in [0, 0.1) is 6.92 Å². The Hall–Kier alpha value is -2.98. The Morgan fingerprint density at radius 1 is 1.12 bits per heavy atom. The average Bonchev–Trinajstić information content (AvgIpc) is 3.07. The van der Waals surface area contributed by atoms with Gasteiger partial charge in [-0.25, -0.2) is 0 Å². The van der Waals surface area contributed by atoms with Crippen LogP contribution < -0.4 is 11.1 Å². The highest BCUT2D eigenvalue weighted by atomic mass is 35.5. The SMILES string of the molecule is Cc1ccc(-c2ccc(/C=C/C(=O)Nc3ccc(N)cc3)o2)cc1Cl. The lowest BCUT2D eigenvalue weighted by Crippen LogP contribution is -2.07. The van der Waals surface area contributed by atoms with Gasteiger partial charge in [-0.1, -0.05) is 23.7 Å². The number of nitrogens with two attached hydrogens (primary N) is 1. The molecule has 4 nitrogen and oxygen atoms in total. The minimum Gasteiger partial charge on any atom is -0.457 e. The molecule has 126 valence electrons. The standard InChI is InChI=1S/C20H17ClN2O2/c1-13-2-3-14(12-18(13)21)19-10-8-17(25-19)9-11-20(24)23-16-6-4-15(22)5-7-16/h2-12H,22H2,1H3,(H,23,24)/b11-9+. The van der Waals surface area contributed by atoms with Crippen molar-refractivity contribution in [1.82, 2.24) is 0 Å². The van der Waals surface area contributed by atoms with Gasteiger partial charge < -0.3 is 15.5 Å². The van der Waals surface area contributed by atoms with Crippen LogP contribution in [0.25, 0.3) is 17.4 Å². The highest BCUT2D eigenvalue weighted by Gasteiger charge is 2.06. The topological polar surface area (TPSA) is 68.3 Å².